The summed E-state index contributed by atoms with van der Waals surface area (Å²) in [4.78, 5) is 24.9. The molecule has 8 nitrogen and oxygen atoms in total. The lowest BCUT2D eigenvalue weighted by Gasteiger charge is -2.11. The summed E-state index contributed by atoms with van der Waals surface area (Å²) in [6.45, 7) is 1.70. The molecule has 2 aliphatic rings. The largest absolute Gasteiger partial charge is 0.322 e. The van der Waals surface area contributed by atoms with Crippen LogP contribution in [0, 0.1) is 36.2 Å². The van der Waals surface area contributed by atoms with E-state index in [1.165, 1.54) is 35.4 Å². The molecule has 2 unspecified atom stereocenters. The number of halogens is 5. The molecule has 5 aromatic rings. The van der Waals surface area contributed by atoms with Gasteiger partial charge < -0.3 is 10.6 Å². The first-order valence-electron chi connectivity index (χ1n) is 15.7. The van der Waals surface area contributed by atoms with Gasteiger partial charge in [-0.3, -0.25) is 19.0 Å². The molecule has 0 saturated heterocycles. The van der Waals surface area contributed by atoms with E-state index in [4.69, 9.17) is 0 Å². The number of alkyl halides is 2. The average molecular weight is 677 g/mol. The minimum absolute atomic E-state index is 0.0724. The lowest BCUT2D eigenvalue weighted by Crippen LogP contribution is -2.14. The summed E-state index contributed by atoms with van der Waals surface area (Å²) < 4.78 is 69.1. The molecule has 2 saturated carbocycles. The molecule has 2 N–H and O–H groups in total. The average Bonchev–Trinajstić information content (AvgIpc) is 3.98. The zero-order chi connectivity index (χ0) is 35.0. The molecular formula is C36H33F5N6O2. The van der Waals surface area contributed by atoms with Gasteiger partial charge in [0, 0.05) is 43.4 Å². The van der Waals surface area contributed by atoms with Gasteiger partial charge in [-0.15, -0.1) is 0 Å². The smallest absolute Gasteiger partial charge is 0.282 e. The zero-order valence-corrected chi connectivity index (χ0v) is 26.9. The summed E-state index contributed by atoms with van der Waals surface area (Å²) >= 11 is 0. The highest BCUT2D eigenvalue weighted by Gasteiger charge is 2.48. The number of nitrogens with one attached hydrogen (secondary N) is 2. The van der Waals surface area contributed by atoms with E-state index in [1.807, 2.05) is 24.3 Å². The molecule has 2 aromatic heterocycles. The molecule has 0 spiro atoms. The molecule has 2 fully saturated rings. The molecule has 2 atom stereocenters. The monoisotopic (exact) mass is 676 g/mol. The highest BCUT2D eigenvalue weighted by molar-refractivity contribution is 6.07. The number of para-hydroxylation sites is 2. The Morgan fingerprint density at radius 3 is 2.02 bits per heavy atom. The number of carbonyl (C=O) groups is 2. The second-order valence-electron chi connectivity index (χ2n) is 12.3. The van der Waals surface area contributed by atoms with Crippen molar-refractivity contribution in [3.05, 3.63) is 119 Å². The molecule has 3 aromatic carbocycles. The van der Waals surface area contributed by atoms with E-state index in [9.17, 15) is 31.5 Å². The number of carbonyl (C=O) groups excluding carboxylic acids is 2. The number of hydrogen-bond donors (Lipinski definition) is 2. The Bertz CT molecular complexity index is 2010. The summed E-state index contributed by atoms with van der Waals surface area (Å²) in [7, 11) is 3.23. The minimum Gasteiger partial charge on any atom is -0.322 e. The van der Waals surface area contributed by atoms with Crippen LogP contribution in [0.2, 0.25) is 0 Å². The van der Waals surface area contributed by atoms with Crippen molar-refractivity contribution in [1.82, 2.24) is 19.6 Å². The highest BCUT2D eigenvalue weighted by Crippen LogP contribution is 2.60. The van der Waals surface area contributed by atoms with Crippen LogP contribution in [0.3, 0.4) is 0 Å². The van der Waals surface area contributed by atoms with Crippen molar-refractivity contribution in [1.29, 1.82) is 0 Å². The van der Waals surface area contributed by atoms with Gasteiger partial charge in [-0.2, -0.15) is 10.2 Å². The molecule has 49 heavy (non-hydrogen) atoms. The van der Waals surface area contributed by atoms with Gasteiger partial charge in [-0.1, -0.05) is 36.4 Å². The van der Waals surface area contributed by atoms with Gasteiger partial charge in [-0.05, 0) is 79.3 Å². The Labute approximate surface area is 278 Å². The molecule has 0 radical (unpaired) electrons. The third-order valence-electron chi connectivity index (χ3n) is 8.71. The van der Waals surface area contributed by atoms with Crippen LogP contribution in [-0.4, -0.2) is 31.4 Å². The third kappa shape index (κ3) is 7.40. The normalized spacial score (nSPS) is 16.6. The van der Waals surface area contributed by atoms with Gasteiger partial charge >= 0.3 is 0 Å². The fourth-order valence-electron chi connectivity index (χ4n) is 6.15. The first-order valence-corrected chi connectivity index (χ1v) is 15.7. The van der Waals surface area contributed by atoms with E-state index in [2.05, 4.69) is 20.8 Å². The van der Waals surface area contributed by atoms with Crippen molar-refractivity contribution in [3.63, 3.8) is 0 Å². The molecule has 2 amide bonds. The topological polar surface area (TPSA) is 93.8 Å². The van der Waals surface area contributed by atoms with Crippen LogP contribution in [0.25, 0.3) is 11.1 Å². The Morgan fingerprint density at radius 2 is 1.39 bits per heavy atom. The molecular weight excluding hydrogens is 643 g/mol. The predicted octanol–water partition coefficient (Wildman–Crippen LogP) is 8.19. The van der Waals surface area contributed by atoms with Crippen LogP contribution in [0.4, 0.5) is 33.3 Å². The standard InChI is InChI=1S/C18H14F3N3O.C18H19F2N3O/c1-10-13(9-24(2)23-10)18(25)22-16-6-4-3-5-12(16)11-7-14(19)17(21)15(20)8-11;1-23-9-14(16(22-23)17(19)20)18(24)21-15-5-3-2-4-11(15)13-8-12(13)10-6-7-10/h3-9H,1-2H3,(H,22,25);2-5,9-10,12-13,17H,6-8H2,1H3,(H,21,24). The summed E-state index contributed by atoms with van der Waals surface area (Å²) in [6, 6.07) is 16.0. The van der Waals surface area contributed by atoms with Crippen LogP contribution in [0.15, 0.2) is 73.1 Å². The summed E-state index contributed by atoms with van der Waals surface area (Å²) in [6.07, 6.45) is 3.91. The second kappa shape index (κ2) is 13.7. The van der Waals surface area contributed by atoms with Crippen molar-refractivity contribution >= 4 is 23.2 Å². The fraction of sp³-hybridized carbons (Fsp3) is 0.278. The van der Waals surface area contributed by atoms with Crippen LogP contribution >= 0.6 is 0 Å². The van der Waals surface area contributed by atoms with Gasteiger partial charge in [0.15, 0.2) is 17.5 Å². The Kier molecular flexibility index (Phi) is 9.35. The highest BCUT2D eigenvalue weighted by atomic mass is 19.3. The summed E-state index contributed by atoms with van der Waals surface area (Å²) in [5, 5.41) is 13.3. The number of nitrogens with zero attached hydrogens (tertiary/aromatic N) is 4. The van der Waals surface area contributed by atoms with Gasteiger partial charge in [0.1, 0.15) is 5.69 Å². The quantitative estimate of drug-likeness (QED) is 0.128. The van der Waals surface area contributed by atoms with Crippen molar-refractivity contribution in [3.8, 4) is 11.1 Å². The first kappa shape index (κ1) is 33.6. The van der Waals surface area contributed by atoms with E-state index in [0.29, 0.717) is 28.4 Å². The molecule has 254 valence electrons. The third-order valence-corrected chi connectivity index (χ3v) is 8.71. The predicted molar refractivity (Wildman–Crippen MR) is 174 cm³/mol. The lowest BCUT2D eigenvalue weighted by atomic mass is 10.0. The Morgan fingerprint density at radius 1 is 0.816 bits per heavy atom. The maximum atomic E-state index is 13.5. The van der Waals surface area contributed by atoms with Gasteiger partial charge in [0.05, 0.1) is 16.8 Å². The molecule has 0 aliphatic heterocycles. The first-order chi connectivity index (χ1) is 23.4. The van der Waals surface area contributed by atoms with E-state index < -0.39 is 41.4 Å². The Hall–Kier alpha value is -5.33. The molecule has 0 bridgehead atoms. The SMILES string of the molecule is Cc1nn(C)cc1C(=O)Nc1ccccc1-c1cc(F)c(F)c(F)c1.Cn1cc(C(=O)Nc2ccccc2C2CC2C2CC2)c(C(F)F)n1. The van der Waals surface area contributed by atoms with E-state index in [0.717, 1.165) is 41.6 Å². The van der Waals surface area contributed by atoms with Crippen molar-refractivity contribution in [2.75, 3.05) is 10.6 Å². The minimum atomic E-state index is -2.77. The number of benzene rings is 3. The molecule has 7 rings (SSSR count). The Balaban J connectivity index is 0.000000170. The van der Waals surface area contributed by atoms with Gasteiger partial charge in [0.2, 0.25) is 0 Å². The number of aryl methyl sites for hydroxylation is 3. The van der Waals surface area contributed by atoms with Crippen molar-refractivity contribution < 1.29 is 31.5 Å². The molecule has 2 aliphatic carbocycles. The van der Waals surface area contributed by atoms with Crippen molar-refractivity contribution in [2.45, 2.75) is 38.5 Å². The fourth-order valence-corrected chi connectivity index (χ4v) is 6.15. The van der Waals surface area contributed by atoms with Crippen molar-refractivity contribution in [2.24, 2.45) is 25.9 Å². The summed E-state index contributed by atoms with van der Waals surface area (Å²) in [5.74, 6) is -3.01. The van der Waals surface area contributed by atoms with E-state index in [1.54, 1.807) is 44.4 Å². The maximum absolute atomic E-state index is 13.5. The molecule has 13 heteroatoms. The van der Waals surface area contributed by atoms with Gasteiger partial charge in [-0.25, -0.2) is 22.0 Å². The number of hydrogen-bond acceptors (Lipinski definition) is 4. The summed E-state index contributed by atoms with van der Waals surface area (Å²) in [5.41, 5.74) is 3.06. The van der Waals surface area contributed by atoms with Crippen LogP contribution in [-0.2, 0) is 14.1 Å². The number of rotatable bonds is 8. The molecule has 2 heterocycles. The van der Waals surface area contributed by atoms with Crippen LogP contribution in [0.5, 0.6) is 0 Å². The number of aromatic nitrogens is 4. The van der Waals surface area contributed by atoms with E-state index >= 15 is 0 Å². The number of anilines is 2. The van der Waals surface area contributed by atoms with E-state index in [-0.39, 0.29) is 11.1 Å². The lowest BCUT2D eigenvalue weighted by molar-refractivity contribution is 0.100. The number of amides is 2. The maximum Gasteiger partial charge on any atom is 0.282 e. The zero-order valence-electron chi connectivity index (χ0n) is 26.9. The van der Waals surface area contributed by atoms with Crippen LogP contribution < -0.4 is 10.6 Å². The van der Waals surface area contributed by atoms with Gasteiger partial charge in [0.25, 0.3) is 18.2 Å². The second-order valence-corrected chi connectivity index (χ2v) is 12.3. The van der Waals surface area contributed by atoms with Crippen LogP contribution in [0.1, 0.15) is 69.3 Å².